The first-order chi connectivity index (χ1) is 6.68. The average Bonchev–Trinajstić information content (AvgIpc) is 2.16. The standard InChI is InChI=1S/C11H24BNO/c1-3-4-5-6-7-8-9-13-11(14)10(2)12/h10H,3-9,12H2,1-2H3,(H,13,14). The minimum Gasteiger partial charge on any atom is -0.357 e. The molecule has 14 heavy (non-hydrogen) atoms. The van der Waals surface area contributed by atoms with Crippen LogP contribution in [0.4, 0.5) is 0 Å². The summed E-state index contributed by atoms with van der Waals surface area (Å²) in [6.45, 7) is 5.00. The van der Waals surface area contributed by atoms with E-state index < -0.39 is 0 Å². The summed E-state index contributed by atoms with van der Waals surface area (Å²) in [5.74, 6) is 0.300. The van der Waals surface area contributed by atoms with Crippen LogP contribution in [0.15, 0.2) is 0 Å². The van der Waals surface area contributed by atoms with E-state index in [0.29, 0.717) is 0 Å². The van der Waals surface area contributed by atoms with Crippen molar-refractivity contribution in [2.45, 2.75) is 58.2 Å². The first-order valence-corrected chi connectivity index (χ1v) is 5.96. The maximum atomic E-state index is 11.2. The summed E-state index contributed by atoms with van der Waals surface area (Å²) in [4.78, 5) is 11.2. The summed E-state index contributed by atoms with van der Waals surface area (Å²) in [5.41, 5.74) is 0. The Bertz CT molecular complexity index is 148. The van der Waals surface area contributed by atoms with Crippen LogP contribution in [0.3, 0.4) is 0 Å². The molecule has 0 aliphatic rings. The summed E-state index contributed by atoms with van der Waals surface area (Å²) in [7, 11) is 1.93. The van der Waals surface area contributed by atoms with Crippen LogP contribution in [0.25, 0.3) is 0 Å². The van der Waals surface area contributed by atoms with Gasteiger partial charge in [-0.25, -0.2) is 0 Å². The van der Waals surface area contributed by atoms with Crippen molar-refractivity contribution in [2.24, 2.45) is 0 Å². The second-order valence-corrected chi connectivity index (χ2v) is 4.21. The van der Waals surface area contributed by atoms with Gasteiger partial charge in [0.15, 0.2) is 0 Å². The van der Waals surface area contributed by atoms with Gasteiger partial charge in [-0.2, -0.15) is 0 Å². The van der Waals surface area contributed by atoms with Gasteiger partial charge < -0.3 is 5.32 Å². The van der Waals surface area contributed by atoms with E-state index in [1.165, 1.54) is 32.1 Å². The summed E-state index contributed by atoms with van der Waals surface area (Å²) in [6.07, 6.45) is 7.67. The summed E-state index contributed by atoms with van der Waals surface area (Å²) < 4.78 is 0. The topological polar surface area (TPSA) is 29.1 Å². The summed E-state index contributed by atoms with van der Waals surface area (Å²) in [6, 6.07) is 0. The van der Waals surface area contributed by atoms with Crippen molar-refractivity contribution < 1.29 is 4.79 Å². The Morgan fingerprint density at radius 1 is 1.21 bits per heavy atom. The van der Waals surface area contributed by atoms with Crippen LogP contribution in [0.1, 0.15) is 52.4 Å². The molecule has 0 rings (SSSR count). The molecule has 0 aliphatic heterocycles. The molecule has 2 nitrogen and oxygen atoms in total. The van der Waals surface area contributed by atoms with Gasteiger partial charge in [-0.3, -0.25) is 4.79 Å². The van der Waals surface area contributed by atoms with E-state index in [1.54, 1.807) is 0 Å². The Hall–Kier alpha value is -0.465. The van der Waals surface area contributed by atoms with E-state index in [-0.39, 0.29) is 11.7 Å². The van der Waals surface area contributed by atoms with Crippen molar-refractivity contribution in [1.82, 2.24) is 5.32 Å². The molecule has 1 N–H and O–H groups in total. The van der Waals surface area contributed by atoms with E-state index >= 15 is 0 Å². The number of carbonyl (C=O) groups excluding carboxylic acids is 1. The Kier molecular flexibility index (Phi) is 8.80. The van der Waals surface area contributed by atoms with Gasteiger partial charge in [-0.1, -0.05) is 46.0 Å². The van der Waals surface area contributed by atoms with Gasteiger partial charge in [0, 0.05) is 12.4 Å². The highest BCUT2D eigenvalue weighted by Crippen LogP contribution is 2.04. The largest absolute Gasteiger partial charge is 0.357 e. The number of amides is 1. The lowest BCUT2D eigenvalue weighted by Crippen LogP contribution is -2.27. The third-order valence-corrected chi connectivity index (χ3v) is 2.35. The van der Waals surface area contributed by atoms with Crippen molar-refractivity contribution >= 4 is 13.8 Å². The number of unbranched alkanes of at least 4 members (excludes halogenated alkanes) is 5. The zero-order valence-electron chi connectivity index (χ0n) is 9.94. The molecule has 0 saturated carbocycles. The molecule has 0 aromatic heterocycles. The molecule has 82 valence electrons. The molecule has 1 amide bonds. The van der Waals surface area contributed by atoms with Crippen LogP contribution in [-0.2, 0) is 4.79 Å². The lowest BCUT2D eigenvalue weighted by Gasteiger charge is -2.06. The van der Waals surface area contributed by atoms with Gasteiger partial charge in [0.2, 0.25) is 5.91 Å². The van der Waals surface area contributed by atoms with E-state index in [2.05, 4.69) is 12.2 Å². The monoisotopic (exact) mass is 197 g/mol. The van der Waals surface area contributed by atoms with Crippen molar-refractivity contribution in [3.05, 3.63) is 0 Å². The fourth-order valence-electron chi connectivity index (χ4n) is 1.32. The first kappa shape index (κ1) is 13.5. The molecule has 0 saturated heterocycles. The summed E-state index contributed by atoms with van der Waals surface area (Å²) >= 11 is 0. The Morgan fingerprint density at radius 2 is 1.79 bits per heavy atom. The molecule has 1 atom stereocenters. The lowest BCUT2D eigenvalue weighted by atomic mass is 9.89. The lowest BCUT2D eigenvalue weighted by molar-refractivity contribution is -0.120. The van der Waals surface area contributed by atoms with Crippen molar-refractivity contribution in [3.63, 3.8) is 0 Å². The fraction of sp³-hybridized carbons (Fsp3) is 0.909. The molecule has 0 aromatic rings. The molecule has 0 radical (unpaired) electrons. The van der Waals surface area contributed by atoms with Gasteiger partial charge >= 0.3 is 0 Å². The number of hydrogen-bond donors (Lipinski definition) is 1. The van der Waals surface area contributed by atoms with Gasteiger partial charge in [-0.05, 0) is 6.42 Å². The van der Waals surface area contributed by atoms with Crippen LogP contribution in [0, 0.1) is 0 Å². The van der Waals surface area contributed by atoms with E-state index in [0.717, 1.165) is 13.0 Å². The predicted molar refractivity (Wildman–Crippen MR) is 64.4 cm³/mol. The second kappa shape index (κ2) is 9.10. The maximum absolute atomic E-state index is 11.2. The van der Waals surface area contributed by atoms with Crippen LogP contribution in [0.2, 0.25) is 5.82 Å². The smallest absolute Gasteiger partial charge is 0.214 e. The minimum absolute atomic E-state index is 0.120. The second-order valence-electron chi connectivity index (χ2n) is 4.21. The molecule has 0 fully saturated rings. The highest BCUT2D eigenvalue weighted by atomic mass is 16.1. The normalized spacial score (nSPS) is 12.4. The third-order valence-electron chi connectivity index (χ3n) is 2.35. The predicted octanol–water partition coefficient (Wildman–Crippen LogP) is 1.90. The van der Waals surface area contributed by atoms with Gasteiger partial charge in [0.05, 0.1) is 0 Å². The molecule has 0 heterocycles. The SMILES string of the molecule is BC(C)C(=O)NCCCCCCCC. The molecule has 3 heteroatoms. The number of rotatable bonds is 8. The average molecular weight is 197 g/mol. The molecular formula is C11H24BNO. The third kappa shape index (κ3) is 8.15. The quantitative estimate of drug-likeness (QED) is 0.467. The van der Waals surface area contributed by atoms with E-state index in [9.17, 15) is 4.79 Å². The number of hydrogen-bond acceptors (Lipinski definition) is 1. The van der Waals surface area contributed by atoms with Crippen LogP contribution < -0.4 is 5.32 Å². The molecule has 0 bridgehead atoms. The molecule has 0 aromatic carbocycles. The van der Waals surface area contributed by atoms with Crippen LogP contribution in [0.5, 0.6) is 0 Å². The van der Waals surface area contributed by atoms with Crippen LogP contribution >= 0.6 is 0 Å². The van der Waals surface area contributed by atoms with Gasteiger partial charge in [0.1, 0.15) is 7.85 Å². The number of carbonyl (C=O) groups is 1. The van der Waals surface area contributed by atoms with Crippen molar-refractivity contribution in [2.75, 3.05) is 6.54 Å². The highest BCUT2D eigenvalue weighted by Gasteiger charge is 2.04. The highest BCUT2D eigenvalue weighted by molar-refractivity contribution is 6.23. The van der Waals surface area contributed by atoms with Gasteiger partial charge in [0.25, 0.3) is 0 Å². The molecule has 1 unspecified atom stereocenters. The van der Waals surface area contributed by atoms with Crippen molar-refractivity contribution in [3.8, 4) is 0 Å². The minimum atomic E-state index is 0.120. The zero-order valence-corrected chi connectivity index (χ0v) is 9.94. The zero-order chi connectivity index (χ0) is 10.8. The first-order valence-electron chi connectivity index (χ1n) is 5.96. The van der Waals surface area contributed by atoms with Gasteiger partial charge in [-0.15, -0.1) is 0 Å². The Balaban J connectivity index is 3.10. The Labute approximate surface area is 89.3 Å². The fourth-order valence-corrected chi connectivity index (χ4v) is 1.32. The molecule has 0 spiro atoms. The molecule has 0 aliphatic carbocycles. The van der Waals surface area contributed by atoms with E-state index in [4.69, 9.17) is 0 Å². The molecular weight excluding hydrogens is 173 g/mol. The number of nitrogens with one attached hydrogen (secondary N) is 1. The van der Waals surface area contributed by atoms with Crippen molar-refractivity contribution in [1.29, 1.82) is 0 Å². The van der Waals surface area contributed by atoms with Crippen LogP contribution in [-0.4, -0.2) is 20.3 Å². The maximum Gasteiger partial charge on any atom is 0.214 e. The Morgan fingerprint density at radius 3 is 2.36 bits per heavy atom. The van der Waals surface area contributed by atoms with E-state index in [1.807, 2.05) is 14.8 Å². The summed E-state index contributed by atoms with van der Waals surface area (Å²) in [5, 5.41) is 2.93.